The number of non-ortho nitro benzene ring substituents is 1. The van der Waals surface area contributed by atoms with Crippen molar-refractivity contribution < 1.29 is 4.92 Å². The Morgan fingerprint density at radius 1 is 1.12 bits per heavy atom. The first-order chi connectivity index (χ1) is 11.6. The number of piperidine rings is 1. The highest BCUT2D eigenvalue weighted by Gasteiger charge is 2.13. The van der Waals surface area contributed by atoms with E-state index in [1.54, 1.807) is 12.1 Å². The number of benzene rings is 1. The second-order valence-corrected chi connectivity index (χ2v) is 5.96. The lowest BCUT2D eigenvalue weighted by molar-refractivity contribution is -0.384. The summed E-state index contributed by atoms with van der Waals surface area (Å²) in [5.41, 5.74) is 1.76. The molecule has 1 aromatic carbocycles. The average Bonchev–Trinajstić information content (AvgIpc) is 2.60. The molecule has 124 valence electrons. The van der Waals surface area contributed by atoms with Crippen LogP contribution in [0, 0.1) is 17.0 Å². The zero-order valence-corrected chi connectivity index (χ0v) is 13.7. The number of nitrogens with zero attached hydrogens (tertiary/aromatic N) is 4. The van der Waals surface area contributed by atoms with Gasteiger partial charge in [-0.1, -0.05) is 18.2 Å². The molecule has 2 heterocycles. The lowest BCUT2D eigenvalue weighted by atomic mass is 10.1. The van der Waals surface area contributed by atoms with Gasteiger partial charge in [0.05, 0.1) is 4.92 Å². The molecular formula is C18H20N4O2. The first-order valence-corrected chi connectivity index (χ1v) is 8.15. The molecule has 0 bridgehead atoms. The zero-order chi connectivity index (χ0) is 16.9. The smallest absolute Gasteiger partial charge is 0.270 e. The summed E-state index contributed by atoms with van der Waals surface area (Å²) in [5.74, 6) is 1.59. The second-order valence-electron chi connectivity index (χ2n) is 5.96. The highest BCUT2D eigenvalue weighted by Crippen LogP contribution is 2.19. The van der Waals surface area contributed by atoms with E-state index in [4.69, 9.17) is 0 Å². The minimum atomic E-state index is -0.394. The normalized spacial score (nSPS) is 15.0. The molecule has 1 aliphatic rings. The zero-order valence-electron chi connectivity index (χ0n) is 13.7. The molecule has 6 heteroatoms. The number of aryl methyl sites for hydroxylation is 1. The van der Waals surface area contributed by atoms with Crippen LogP contribution in [0.2, 0.25) is 0 Å². The maximum absolute atomic E-state index is 10.8. The van der Waals surface area contributed by atoms with E-state index in [9.17, 15) is 10.1 Å². The molecule has 1 saturated heterocycles. The largest absolute Gasteiger partial charge is 0.356 e. The summed E-state index contributed by atoms with van der Waals surface area (Å²) in [6, 6.07) is 8.53. The van der Waals surface area contributed by atoms with Crippen LogP contribution in [0.3, 0.4) is 0 Å². The maximum atomic E-state index is 10.8. The molecule has 1 fully saturated rings. The van der Waals surface area contributed by atoms with Crippen molar-refractivity contribution >= 4 is 23.7 Å². The van der Waals surface area contributed by atoms with E-state index in [2.05, 4.69) is 14.9 Å². The number of nitro benzene ring substituents is 1. The van der Waals surface area contributed by atoms with Crippen LogP contribution < -0.4 is 4.90 Å². The minimum Gasteiger partial charge on any atom is -0.356 e. The topological polar surface area (TPSA) is 72.2 Å². The fourth-order valence-corrected chi connectivity index (χ4v) is 2.85. The molecule has 3 rings (SSSR count). The van der Waals surface area contributed by atoms with Gasteiger partial charge in [0.2, 0.25) is 0 Å². The van der Waals surface area contributed by atoms with Crippen molar-refractivity contribution in [3.8, 4) is 0 Å². The van der Waals surface area contributed by atoms with Gasteiger partial charge >= 0.3 is 0 Å². The van der Waals surface area contributed by atoms with Gasteiger partial charge < -0.3 is 4.90 Å². The summed E-state index contributed by atoms with van der Waals surface area (Å²) in [6.07, 6.45) is 7.28. The van der Waals surface area contributed by atoms with E-state index in [1.807, 2.05) is 25.1 Å². The van der Waals surface area contributed by atoms with Gasteiger partial charge in [0.15, 0.2) is 5.82 Å². The van der Waals surface area contributed by atoms with Crippen molar-refractivity contribution in [2.45, 2.75) is 26.2 Å². The Balaban J connectivity index is 1.82. The van der Waals surface area contributed by atoms with Gasteiger partial charge in [-0.2, -0.15) is 0 Å². The van der Waals surface area contributed by atoms with Crippen LogP contribution in [0.1, 0.15) is 36.3 Å². The van der Waals surface area contributed by atoms with Crippen LogP contribution in [-0.2, 0) is 0 Å². The van der Waals surface area contributed by atoms with Crippen LogP contribution in [0.25, 0.3) is 12.2 Å². The fourth-order valence-electron chi connectivity index (χ4n) is 2.85. The van der Waals surface area contributed by atoms with E-state index in [-0.39, 0.29) is 5.69 Å². The van der Waals surface area contributed by atoms with Crippen molar-refractivity contribution in [2.24, 2.45) is 0 Å². The first-order valence-electron chi connectivity index (χ1n) is 8.15. The van der Waals surface area contributed by atoms with Crippen molar-refractivity contribution in [3.05, 3.63) is 57.5 Å². The Kier molecular flexibility index (Phi) is 4.84. The molecule has 0 N–H and O–H groups in total. The highest BCUT2D eigenvalue weighted by molar-refractivity contribution is 5.68. The minimum absolute atomic E-state index is 0.0799. The third-order valence-corrected chi connectivity index (χ3v) is 4.04. The molecule has 0 saturated carbocycles. The van der Waals surface area contributed by atoms with Crippen molar-refractivity contribution in [3.63, 3.8) is 0 Å². The van der Waals surface area contributed by atoms with E-state index in [0.29, 0.717) is 5.82 Å². The van der Waals surface area contributed by atoms with E-state index in [0.717, 1.165) is 30.2 Å². The highest BCUT2D eigenvalue weighted by atomic mass is 16.6. The maximum Gasteiger partial charge on any atom is 0.270 e. The lowest BCUT2D eigenvalue weighted by Gasteiger charge is -2.27. The Hall–Kier alpha value is -2.76. The molecule has 0 amide bonds. The fraction of sp³-hybridized carbons (Fsp3) is 0.333. The van der Waals surface area contributed by atoms with E-state index >= 15 is 0 Å². The van der Waals surface area contributed by atoms with Crippen LogP contribution in [0.4, 0.5) is 11.5 Å². The van der Waals surface area contributed by atoms with Gasteiger partial charge in [0.1, 0.15) is 5.82 Å². The van der Waals surface area contributed by atoms with Crippen LogP contribution in [0.15, 0.2) is 30.3 Å². The first kappa shape index (κ1) is 16.1. The Labute approximate surface area is 141 Å². The SMILES string of the molecule is Cc1cc(N2CCCCC2)nc(C=Cc2cccc([N+](=O)[O-])c2)n1. The van der Waals surface area contributed by atoms with Gasteiger partial charge in [0, 0.05) is 37.0 Å². The number of rotatable bonds is 4. The van der Waals surface area contributed by atoms with Gasteiger partial charge in [-0.25, -0.2) is 9.97 Å². The number of hydrogen-bond acceptors (Lipinski definition) is 5. The average molecular weight is 324 g/mol. The predicted octanol–water partition coefficient (Wildman–Crippen LogP) is 3.85. The number of anilines is 1. The standard InChI is InChI=1S/C18H20N4O2/c1-14-12-18(21-10-3-2-4-11-21)20-17(19-14)9-8-15-6-5-7-16(13-15)22(23)24/h5-9,12-13H,2-4,10-11H2,1H3. The Bertz CT molecular complexity index is 767. The quantitative estimate of drug-likeness (QED) is 0.631. The van der Waals surface area contributed by atoms with E-state index in [1.165, 1.54) is 31.4 Å². The Morgan fingerprint density at radius 3 is 2.67 bits per heavy atom. The molecule has 0 unspecified atom stereocenters. The van der Waals surface area contributed by atoms with Crippen molar-refractivity contribution in [2.75, 3.05) is 18.0 Å². The molecular weight excluding hydrogens is 304 g/mol. The molecule has 2 aromatic rings. The van der Waals surface area contributed by atoms with Gasteiger partial charge in [-0.05, 0) is 37.8 Å². The predicted molar refractivity (Wildman–Crippen MR) is 94.9 cm³/mol. The van der Waals surface area contributed by atoms with Crippen LogP contribution in [-0.4, -0.2) is 28.0 Å². The summed E-state index contributed by atoms with van der Waals surface area (Å²) in [7, 11) is 0. The summed E-state index contributed by atoms with van der Waals surface area (Å²) in [6.45, 7) is 4.02. The third kappa shape index (κ3) is 3.95. The molecule has 0 atom stereocenters. The summed E-state index contributed by atoms with van der Waals surface area (Å²) < 4.78 is 0. The molecule has 6 nitrogen and oxygen atoms in total. The molecule has 0 aliphatic carbocycles. The van der Waals surface area contributed by atoms with Gasteiger partial charge in [0.25, 0.3) is 5.69 Å². The van der Waals surface area contributed by atoms with Crippen LogP contribution in [0.5, 0.6) is 0 Å². The summed E-state index contributed by atoms with van der Waals surface area (Å²) in [4.78, 5) is 21.8. The van der Waals surface area contributed by atoms with E-state index < -0.39 is 4.92 Å². The van der Waals surface area contributed by atoms with Crippen molar-refractivity contribution in [1.29, 1.82) is 0 Å². The molecule has 0 spiro atoms. The molecule has 1 aliphatic heterocycles. The Morgan fingerprint density at radius 2 is 1.92 bits per heavy atom. The lowest BCUT2D eigenvalue weighted by Crippen LogP contribution is -2.30. The van der Waals surface area contributed by atoms with Gasteiger partial charge in [-0.15, -0.1) is 0 Å². The molecule has 1 aromatic heterocycles. The van der Waals surface area contributed by atoms with Crippen molar-refractivity contribution in [1.82, 2.24) is 9.97 Å². The summed E-state index contributed by atoms with van der Waals surface area (Å²) >= 11 is 0. The third-order valence-electron chi connectivity index (χ3n) is 4.04. The molecule has 0 radical (unpaired) electrons. The number of hydrogen-bond donors (Lipinski definition) is 0. The number of aromatic nitrogens is 2. The molecule has 24 heavy (non-hydrogen) atoms. The summed E-state index contributed by atoms with van der Waals surface area (Å²) in [5, 5.41) is 10.8. The monoisotopic (exact) mass is 324 g/mol. The second kappa shape index (κ2) is 7.21. The van der Waals surface area contributed by atoms with Gasteiger partial charge in [-0.3, -0.25) is 10.1 Å². The van der Waals surface area contributed by atoms with Crippen LogP contribution >= 0.6 is 0 Å². The number of nitro groups is 1.